The number of likely N-dealkylation sites (N-methyl/N-ethyl adjacent to an activating group) is 1. The zero-order chi connectivity index (χ0) is 38.6. The van der Waals surface area contributed by atoms with Crippen molar-refractivity contribution < 1.29 is 4.79 Å². The molecule has 0 atom stereocenters. The molecule has 0 aliphatic carbocycles. The number of anilines is 2. The summed E-state index contributed by atoms with van der Waals surface area (Å²) in [5, 5.41) is 13.5. The van der Waals surface area contributed by atoms with E-state index in [-0.39, 0.29) is 6.03 Å². The van der Waals surface area contributed by atoms with Crippen LogP contribution in [-0.4, -0.2) is 133 Å². The van der Waals surface area contributed by atoms with Gasteiger partial charge in [0, 0.05) is 63.1 Å². The molecule has 15 heteroatoms. The van der Waals surface area contributed by atoms with Gasteiger partial charge >= 0.3 is 6.03 Å². The first-order chi connectivity index (χ1) is 25.6. The van der Waals surface area contributed by atoms with E-state index >= 15 is 0 Å². The van der Waals surface area contributed by atoms with Crippen molar-refractivity contribution in [3.05, 3.63) is 59.9 Å². The van der Waals surface area contributed by atoms with Gasteiger partial charge in [-0.25, -0.2) is 24.7 Å². The number of aryl methyl sites for hydroxylation is 2. The number of benzene rings is 2. The van der Waals surface area contributed by atoms with Crippen LogP contribution in [0.25, 0.3) is 21.8 Å². The highest BCUT2D eigenvalue weighted by molar-refractivity contribution is 6.03. The number of guanidine groups is 2. The maximum atomic E-state index is 11.9. The normalized spacial score (nSPS) is 13.9. The molecule has 2 aromatic carbocycles. The van der Waals surface area contributed by atoms with Crippen LogP contribution in [0.2, 0.25) is 0 Å². The zero-order valence-electron chi connectivity index (χ0n) is 32.9. The number of nitrogens with zero attached hydrogens (tertiary/aromatic N) is 9. The number of carbonyl (C=O) groups is 1. The van der Waals surface area contributed by atoms with Crippen molar-refractivity contribution >= 4 is 51.7 Å². The van der Waals surface area contributed by atoms with E-state index in [9.17, 15) is 4.79 Å². The van der Waals surface area contributed by atoms with Gasteiger partial charge in [-0.3, -0.25) is 25.9 Å². The molecule has 5 rings (SSSR count). The number of hydrogen-bond donors (Lipinski definition) is 5. The molecule has 0 spiro atoms. The molecule has 6 N–H and O–H groups in total. The van der Waals surface area contributed by atoms with Crippen LogP contribution in [0.1, 0.15) is 45.0 Å². The van der Waals surface area contributed by atoms with E-state index in [4.69, 9.17) is 5.73 Å². The fourth-order valence-electron chi connectivity index (χ4n) is 5.41. The highest BCUT2D eigenvalue weighted by atomic mass is 16.2. The minimum Gasteiger partial charge on any atom is -0.370 e. The molecule has 1 aliphatic heterocycles. The number of hydrogen-bond acceptors (Lipinski definition) is 10. The lowest BCUT2D eigenvalue weighted by molar-refractivity contribution is 0.153. The van der Waals surface area contributed by atoms with Crippen LogP contribution >= 0.6 is 0 Å². The lowest BCUT2D eigenvalue weighted by Gasteiger charge is -2.32. The molecule has 288 valence electrons. The molecule has 1 fully saturated rings. The van der Waals surface area contributed by atoms with Crippen LogP contribution in [0.15, 0.2) is 58.5 Å². The largest absolute Gasteiger partial charge is 0.370 e. The molecule has 4 aromatic rings. The molecular weight excluding hydrogens is 669 g/mol. The number of para-hydroxylation sites is 2. The fraction of sp³-hybridized carbons (Fsp3) is 0.500. The van der Waals surface area contributed by atoms with Crippen LogP contribution in [0.5, 0.6) is 0 Å². The number of fused-ring (bicyclic) bond motifs is 2. The molecule has 1 saturated heterocycles. The third-order valence-electron chi connectivity index (χ3n) is 8.17. The Balaban J connectivity index is 0.000000273. The Labute approximate surface area is 315 Å². The van der Waals surface area contributed by atoms with Crippen molar-refractivity contribution in [3.8, 4) is 0 Å². The number of piperazine rings is 1. The third-order valence-corrected chi connectivity index (χ3v) is 8.17. The molecule has 2 aromatic heterocycles. The highest BCUT2D eigenvalue weighted by Gasteiger charge is 2.13. The molecule has 53 heavy (non-hydrogen) atoms. The van der Waals surface area contributed by atoms with Gasteiger partial charge < -0.3 is 25.8 Å². The van der Waals surface area contributed by atoms with Crippen molar-refractivity contribution in [2.45, 2.75) is 47.5 Å². The van der Waals surface area contributed by atoms with Crippen LogP contribution in [0.3, 0.4) is 0 Å². The molecular formula is C38H60N14O. The Hall–Kier alpha value is -4.99. The van der Waals surface area contributed by atoms with Crippen LogP contribution in [0.4, 0.5) is 16.7 Å². The molecule has 15 nitrogen and oxygen atoms in total. The summed E-state index contributed by atoms with van der Waals surface area (Å²) in [5.41, 5.74) is 9.51. The van der Waals surface area contributed by atoms with Gasteiger partial charge in [-0.15, -0.1) is 0 Å². The second-order valence-corrected chi connectivity index (χ2v) is 12.7. The van der Waals surface area contributed by atoms with Crippen LogP contribution in [-0.2, 0) is 0 Å². The van der Waals surface area contributed by atoms with Crippen molar-refractivity contribution in [2.24, 2.45) is 15.7 Å². The summed E-state index contributed by atoms with van der Waals surface area (Å²) in [6.45, 7) is 18.1. The maximum Gasteiger partial charge on any atom is 0.321 e. The van der Waals surface area contributed by atoms with E-state index in [2.05, 4.69) is 72.9 Å². The van der Waals surface area contributed by atoms with Gasteiger partial charge in [-0.2, -0.15) is 0 Å². The Morgan fingerprint density at radius 1 is 0.811 bits per heavy atom. The average molecular weight is 729 g/mol. The number of nitrogens with two attached hydrogens (primary N) is 1. The molecule has 0 saturated carbocycles. The van der Waals surface area contributed by atoms with Crippen molar-refractivity contribution in [2.75, 3.05) is 90.7 Å². The summed E-state index contributed by atoms with van der Waals surface area (Å²) in [6, 6.07) is 15.4. The topological polar surface area (TPSA) is 177 Å². The number of aliphatic imine (C=N–C) groups is 2. The minimum absolute atomic E-state index is 0.316. The lowest BCUT2D eigenvalue weighted by atomic mass is 10.2. The van der Waals surface area contributed by atoms with E-state index < -0.39 is 0 Å². The molecule has 0 unspecified atom stereocenters. The van der Waals surface area contributed by atoms with Crippen molar-refractivity contribution in [3.63, 3.8) is 0 Å². The Morgan fingerprint density at radius 2 is 1.36 bits per heavy atom. The summed E-state index contributed by atoms with van der Waals surface area (Å²) in [4.78, 5) is 45.6. The lowest BCUT2D eigenvalue weighted by Crippen LogP contribution is -2.44. The number of aromatic nitrogens is 4. The van der Waals surface area contributed by atoms with Gasteiger partial charge in [0.1, 0.15) is 0 Å². The van der Waals surface area contributed by atoms with E-state index in [1.807, 2.05) is 97.2 Å². The predicted molar refractivity (Wildman–Crippen MR) is 220 cm³/mol. The first-order valence-corrected chi connectivity index (χ1v) is 18.6. The average Bonchev–Trinajstić information content (AvgIpc) is 3.14. The van der Waals surface area contributed by atoms with Gasteiger partial charge in [0.2, 0.25) is 17.9 Å². The Bertz CT molecular complexity index is 1770. The van der Waals surface area contributed by atoms with Crippen molar-refractivity contribution in [1.82, 2.24) is 45.3 Å². The second kappa shape index (κ2) is 22.8. The standard InChI is InChI=1S/C18H27N7O.C18H27N7.C2H6/c1-5-19-18(26)24-16(20-11-8-12-25(3)4)23-17-21-13(2)14-9-6-7-10-15(14)22-17;1-14-15-6-3-4-7-16(15)22-18(21-14)23-17(19)20-8-5-9-25-12-10-24(2)11-13-25;1-2/h6-7,9-10H,5,8,11-12H2,1-4H3,(H3,19,20,21,22,23,24,26);3-4,6-7H,5,8-13H2,1-2H3,(H3,19,20,21,22,23);1-2H3. The van der Waals surface area contributed by atoms with Gasteiger partial charge in [0.05, 0.1) is 22.4 Å². The van der Waals surface area contributed by atoms with Crippen LogP contribution < -0.4 is 27.0 Å². The summed E-state index contributed by atoms with van der Waals surface area (Å²) in [5.74, 6) is 1.61. The number of nitrogens with one attached hydrogen (secondary N) is 4. The van der Waals surface area contributed by atoms with Gasteiger partial charge in [0.15, 0.2) is 5.96 Å². The molecule has 1 aliphatic rings. The van der Waals surface area contributed by atoms with Gasteiger partial charge in [-0.1, -0.05) is 50.2 Å². The highest BCUT2D eigenvalue weighted by Crippen LogP contribution is 2.17. The van der Waals surface area contributed by atoms with E-state index in [1.54, 1.807) is 0 Å². The quantitative estimate of drug-likeness (QED) is 0.0845. The Morgan fingerprint density at radius 3 is 1.92 bits per heavy atom. The summed E-state index contributed by atoms with van der Waals surface area (Å²) in [7, 11) is 6.20. The molecule has 2 amide bonds. The zero-order valence-corrected chi connectivity index (χ0v) is 32.9. The van der Waals surface area contributed by atoms with Crippen molar-refractivity contribution in [1.29, 1.82) is 0 Å². The van der Waals surface area contributed by atoms with Gasteiger partial charge in [-0.05, 0) is 73.4 Å². The molecule has 0 radical (unpaired) electrons. The number of amides is 2. The smallest absolute Gasteiger partial charge is 0.321 e. The summed E-state index contributed by atoms with van der Waals surface area (Å²) in [6.07, 6.45) is 1.89. The molecule has 3 heterocycles. The summed E-state index contributed by atoms with van der Waals surface area (Å²) >= 11 is 0. The van der Waals surface area contributed by atoms with E-state index in [0.717, 1.165) is 85.3 Å². The second-order valence-electron chi connectivity index (χ2n) is 12.7. The third kappa shape index (κ3) is 14.9. The van der Waals surface area contributed by atoms with E-state index in [1.165, 1.54) is 0 Å². The maximum absolute atomic E-state index is 11.9. The van der Waals surface area contributed by atoms with E-state index in [0.29, 0.717) is 43.5 Å². The first kappa shape index (κ1) is 42.4. The predicted octanol–water partition coefficient (Wildman–Crippen LogP) is 4.31. The summed E-state index contributed by atoms with van der Waals surface area (Å²) < 4.78 is 0. The van der Waals surface area contributed by atoms with Gasteiger partial charge in [0.25, 0.3) is 0 Å². The SMILES string of the molecule is CC.CCNC(=O)NC(=NCCCN(C)C)Nc1nc(C)c2ccccc2n1.Cc1nc(NC(N)=NCCCN2CCN(C)CC2)nc2ccccc12. The van der Waals surface area contributed by atoms with Crippen LogP contribution in [0, 0.1) is 13.8 Å². The Kier molecular flexibility index (Phi) is 18.3. The minimum atomic E-state index is -0.316. The number of carbonyl (C=O) groups excluding carboxylic acids is 1. The number of urea groups is 1. The molecule has 0 bridgehead atoms. The monoisotopic (exact) mass is 729 g/mol. The fourth-order valence-corrected chi connectivity index (χ4v) is 5.41. The first-order valence-electron chi connectivity index (χ1n) is 18.6. The number of rotatable bonds is 11.